The first-order chi connectivity index (χ1) is 13.1. The number of aryl methyl sites for hydroxylation is 1. The Balaban J connectivity index is 1.45. The summed E-state index contributed by atoms with van der Waals surface area (Å²) in [6.45, 7) is 3.80. The van der Waals surface area contributed by atoms with Crippen molar-refractivity contribution in [2.24, 2.45) is 0 Å². The number of ether oxygens (including phenoxy) is 1. The molecule has 142 valence electrons. The van der Waals surface area contributed by atoms with E-state index in [1.54, 1.807) is 0 Å². The third-order valence-electron chi connectivity index (χ3n) is 5.36. The monoisotopic (exact) mass is 386 g/mol. The van der Waals surface area contributed by atoms with Gasteiger partial charge in [-0.1, -0.05) is 29.6 Å². The zero-order valence-corrected chi connectivity index (χ0v) is 16.1. The Kier molecular flexibility index (Phi) is 4.92. The first-order valence-corrected chi connectivity index (χ1v) is 9.99. The second-order valence-electron chi connectivity index (χ2n) is 6.98. The molecule has 1 spiro atoms. The second kappa shape index (κ2) is 7.36. The van der Waals surface area contributed by atoms with Crippen molar-refractivity contribution in [1.29, 1.82) is 0 Å². The van der Waals surface area contributed by atoms with Crippen molar-refractivity contribution in [3.63, 3.8) is 0 Å². The van der Waals surface area contributed by atoms with Crippen molar-refractivity contribution in [1.82, 2.24) is 14.5 Å². The number of nitrogens with zero attached hydrogens (tertiary/aromatic N) is 4. The van der Waals surface area contributed by atoms with Crippen LogP contribution in [0.1, 0.15) is 35.1 Å². The van der Waals surface area contributed by atoms with Crippen LogP contribution in [0.3, 0.4) is 0 Å². The van der Waals surface area contributed by atoms with Gasteiger partial charge in [0.25, 0.3) is 11.8 Å². The van der Waals surface area contributed by atoms with Gasteiger partial charge in [0.05, 0.1) is 17.8 Å². The van der Waals surface area contributed by atoms with E-state index in [9.17, 15) is 9.59 Å². The number of rotatable bonds is 3. The van der Waals surface area contributed by atoms with Gasteiger partial charge in [-0.15, -0.1) is 5.10 Å². The Morgan fingerprint density at radius 2 is 2.00 bits per heavy atom. The number of amides is 2. The van der Waals surface area contributed by atoms with E-state index in [1.807, 2.05) is 47.1 Å². The van der Waals surface area contributed by atoms with E-state index >= 15 is 0 Å². The van der Waals surface area contributed by atoms with E-state index in [4.69, 9.17) is 4.74 Å². The summed E-state index contributed by atoms with van der Waals surface area (Å²) in [5, 5.41) is 4.04. The van der Waals surface area contributed by atoms with Crippen molar-refractivity contribution in [2.45, 2.75) is 31.8 Å². The van der Waals surface area contributed by atoms with Gasteiger partial charge in [0.1, 0.15) is 11.5 Å². The molecule has 8 heteroatoms. The molecule has 0 bridgehead atoms. The van der Waals surface area contributed by atoms with Gasteiger partial charge in [-0.2, -0.15) is 0 Å². The normalized spacial score (nSPS) is 19.5. The van der Waals surface area contributed by atoms with Gasteiger partial charge in [-0.3, -0.25) is 9.59 Å². The Morgan fingerprint density at radius 3 is 2.70 bits per heavy atom. The lowest BCUT2D eigenvalue weighted by Gasteiger charge is -2.46. The van der Waals surface area contributed by atoms with Crippen LogP contribution >= 0.6 is 11.5 Å². The number of benzene rings is 1. The Hall–Kier alpha value is -2.32. The molecule has 4 rings (SSSR count). The lowest BCUT2D eigenvalue weighted by Crippen LogP contribution is -2.59. The molecule has 2 saturated heterocycles. The quantitative estimate of drug-likeness (QED) is 0.808. The summed E-state index contributed by atoms with van der Waals surface area (Å²) in [7, 11) is 0. The van der Waals surface area contributed by atoms with Crippen LogP contribution in [0.2, 0.25) is 0 Å². The number of anilines is 1. The van der Waals surface area contributed by atoms with E-state index in [0.717, 1.165) is 22.9 Å². The summed E-state index contributed by atoms with van der Waals surface area (Å²) in [5.41, 5.74) is 1.27. The Bertz CT molecular complexity index is 830. The van der Waals surface area contributed by atoms with Crippen LogP contribution in [-0.2, 0) is 16.0 Å². The topological polar surface area (TPSA) is 75.6 Å². The summed E-state index contributed by atoms with van der Waals surface area (Å²) in [6.07, 6.45) is 2.12. The van der Waals surface area contributed by atoms with Gasteiger partial charge in [0.2, 0.25) is 0 Å². The number of para-hydroxylation sites is 1. The molecular weight excluding hydrogens is 364 g/mol. The van der Waals surface area contributed by atoms with Crippen LogP contribution in [0.5, 0.6) is 0 Å². The SMILES string of the molecule is CCc1nnsc1C(=O)N1CCC2(CC1)CN(c1ccccc1)C(=O)CO2. The third kappa shape index (κ3) is 3.46. The summed E-state index contributed by atoms with van der Waals surface area (Å²) in [6, 6.07) is 9.69. The Labute approximate surface area is 162 Å². The van der Waals surface area contributed by atoms with E-state index in [-0.39, 0.29) is 24.0 Å². The highest BCUT2D eigenvalue weighted by Crippen LogP contribution is 2.33. The maximum absolute atomic E-state index is 12.8. The van der Waals surface area contributed by atoms with Gasteiger partial charge in [0.15, 0.2) is 0 Å². The minimum Gasteiger partial charge on any atom is -0.363 e. The summed E-state index contributed by atoms with van der Waals surface area (Å²) >= 11 is 1.16. The fraction of sp³-hybridized carbons (Fsp3) is 0.474. The number of morpholine rings is 1. The molecule has 1 aromatic heterocycles. The molecule has 0 saturated carbocycles. The molecule has 2 aromatic rings. The molecule has 2 fully saturated rings. The van der Waals surface area contributed by atoms with E-state index in [0.29, 0.717) is 43.8 Å². The molecule has 2 aliphatic heterocycles. The second-order valence-corrected chi connectivity index (χ2v) is 7.74. The average Bonchev–Trinajstić information content (AvgIpc) is 3.20. The summed E-state index contributed by atoms with van der Waals surface area (Å²) in [4.78, 5) is 29.4. The zero-order chi connectivity index (χ0) is 18.9. The smallest absolute Gasteiger partial charge is 0.267 e. The molecule has 0 atom stereocenters. The van der Waals surface area contributed by atoms with Crippen LogP contribution in [-0.4, -0.2) is 58.1 Å². The van der Waals surface area contributed by atoms with Crippen LogP contribution in [0.4, 0.5) is 5.69 Å². The maximum atomic E-state index is 12.8. The largest absolute Gasteiger partial charge is 0.363 e. The van der Waals surface area contributed by atoms with Crippen molar-refractivity contribution < 1.29 is 14.3 Å². The first kappa shape index (κ1) is 18.1. The molecule has 0 aliphatic carbocycles. The molecule has 3 heterocycles. The molecule has 1 aromatic carbocycles. The van der Waals surface area contributed by atoms with Crippen LogP contribution in [0.15, 0.2) is 30.3 Å². The standard InChI is InChI=1S/C19H22N4O3S/c1-2-15-17(27-21-20-15)18(25)22-10-8-19(9-11-22)13-23(16(24)12-26-19)14-6-4-3-5-7-14/h3-7H,2,8-13H2,1H3. The molecule has 0 N–H and O–H groups in total. The minimum atomic E-state index is -0.389. The third-order valence-corrected chi connectivity index (χ3v) is 6.12. The fourth-order valence-corrected chi connectivity index (χ4v) is 4.44. The summed E-state index contributed by atoms with van der Waals surface area (Å²) < 4.78 is 9.90. The predicted octanol–water partition coefficient (Wildman–Crippen LogP) is 2.14. The number of hydrogen-bond acceptors (Lipinski definition) is 6. The van der Waals surface area contributed by atoms with Crippen molar-refractivity contribution in [3.8, 4) is 0 Å². The molecule has 2 aliphatic rings. The Morgan fingerprint density at radius 1 is 1.26 bits per heavy atom. The van der Waals surface area contributed by atoms with Crippen molar-refractivity contribution in [3.05, 3.63) is 40.9 Å². The molecule has 2 amide bonds. The summed E-state index contributed by atoms with van der Waals surface area (Å²) in [5.74, 6) is -0.0165. The lowest BCUT2D eigenvalue weighted by atomic mass is 9.89. The van der Waals surface area contributed by atoms with Crippen molar-refractivity contribution >= 4 is 29.0 Å². The van der Waals surface area contributed by atoms with Gasteiger partial charge in [-0.05, 0) is 42.9 Å². The number of piperidine rings is 1. The average molecular weight is 386 g/mol. The number of carbonyl (C=O) groups is 2. The van der Waals surface area contributed by atoms with Crippen LogP contribution < -0.4 is 4.90 Å². The lowest BCUT2D eigenvalue weighted by molar-refractivity contribution is -0.143. The molecule has 7 nitrogen and oxygen atoms in total. The highest BCUT2D eigenvalue weighted by Gasteiger charge is 2.43. The van der Waals surface area contributed by atoms with Gasteiger partial charge < -0.3 is 14.5 Å². The van der Waals surface area contributed by atoms with Gasteiger partial charge >= 0.3 is 0 Å². The highest BCUT2D eigenvalue weighted by molar-refractivity contribution is 7.08. The predicted molar refractivity (Wildman–Crippen MR) is 102 cm³/mol. The maximum Gasteiger partial charge on any atom is 0.267 e. The molecule has 0 radical (unpaired) electrons. The number of likely N-dealkylation sites (tertiary alicyclic amines) is 1. The van der Waals surface area contributed by atoms with Crippen molar-refractivity contribution in [2.75, 3.05) is 31.1 Å². The fourth-order valence-electron chi connectivity index (χ4n) is 3.72. The first-order valence-electron chi connectivity index (χ1n) is 9.22. The van der Waals surface area contributed by atoms with Crippen LogP contribution in [0.25, 0.3) is 0 Å². The van der Waals surface area contributed by atoms with Gasteiger partial charge in [0, 0.05) is 18.8 Å². The minimum absolute atomic E-state index is 0.00324. The zero-order valence-electron chi connectivity index (χ0n) is 15.3. The number of carbonyl (C=O) groups excluding carboxylic acids is 2. The molecule has 27 heavy (non-hydrogen) atoms. The van der Waals surface area contributed by atoms with Gasteiger partial charge in [-0.25, -0.2) is 0 Å². The number of hydrogen-bond donors (Lipinski definition) is 0. The highest BCUT2D eigenvalue weighted by atomic mass is 32.1. The van der Waals surface area contributed by atoms with E-state index < -0.39 is 0 Å². The molecular formula is C19H22N4O3S. The van der Waals surface area contributed by atoms with Crippen LogP contribution in [0, 0.1) is 0 Å². The molecule has 0 unspecified atom stereocenters. The van der Waals surface area contributed by atoms with E-state index in [1.165, 1.54) is 0 Å². The number of aromatic nitrogens is 2. The van der Waals surface area contributed by atoms with E-state index in [2.05, 4.69) is 9.59 Å².